The smallest absolute Gasteiger partial charge is 0.0688 e. The van der Waals surface area contributed by atoms with E-state index in [1.54, 1.807) is 0 Å². The van der Waals surface area contributed by atoms with Gasteiger partial charge in [0.1, 0.15) is 0 Å². The van der Waals surface area contributed by atoms with Gasteiger partial charge in [0.15, 0.2) is 0 Å². The van der Waals surface area contributed by atoms with Gasteiger partial charge in [0.2, 0.25) is 0 Å². The van der Waals surface area contributed by atoms with E-state index in [1.807, 2.05) is 24.3 Å². The van der Waals surface area contributed by atoms with Crippen LogP contribution in [0.1, 0.15) is 11.1 Å². The quantitative estimate of drug-likeness (QED) is 0.544. The predicted octanol–water partition coefficient (Wildman–Crippen LogP) is 4.13. The minimum atomic E-state index is -0.0350. The van der Waals surface area contributed by atoms with Crippen LogP contribution in [-0.2, 0) is 13.2 Å². The molecular formula is C20H16O2. The zero-order valence-corrected chi connectivity index (χ0v) is 12.1. The second-order valence-electron chi connectivity index (χ2n) is 5.57. The standard InChI is InChI=1S/C20H16O2/c21-11-14-5-3-7-18-17-9-8-13-4-1-2-6-16(13)19(17)10-15(12-22)20(14)18/h1-10,21-22H,11-12H2. The minimum absolute atomic E-state index is 0.0244. The molecule has 4 rings (SSSR count). The molecule has 0 aliphatic carbocycles. The van der Waals surface area contributed by atoms with Gasteiger partial charge in [-0.2, -0.15) is 0 Å². The maximum absolute atomic E-state index is 9.81. The number of rotatable bonds is 2. The van der Waals surface area contributed by atoms with Crippen LogP contribution in [0.2, 0.25) is 0 Å². The molecule has 4 aromatic rings. The van der Waals surface area contributed by atoms with E-state index in [-0.39, 0.29) is 13.2 Å². The molecule has 0 aliphatic heterocycles. The number of aliphatic hydroxyl groups is 2. The first-order chi connectivity index (χ1) is 10.8. The topological polar surface area (TPSA) is 40.5 Å². The Balaban J connectivity index is 2.28. The molecule has 0 fully saturated rings. The molecule has 0 radical (unpaired) electrons. The monoisotopic (exact) mass is 288 g/mol. The number of hydrogen-bond donors (Lipinski definition) is 2. The summed E-state index contributed by atoms with van der Waals surface area (Å²) in [6.45, 7) is -0.0594. The Morgan fingerprint density at radius 3 is 2.18 bits per heavy atom. The average Bonchev–Trinajstić information content (AvgIpc) is 2.60. The molecular weight excluding hydrogens is 272 g/mol. The maximum Gasteiger partial charge on any atom is 0.0688 e. The Morgan fingerprint density at radius 1 is 0.591 bits per heavy atom. The highest BCUT2D eigenvalue weighted by molar-refractivity contribution is 6.18. The van der Waals surface area contributed by atoms with Gasteiger partial charge in [-0.15, -0.1) is 0 Å². The van der Waals surface area contributed by atoms with E-state index in [0.29, 0.717) is 0 Å². The zero-order chi connectivity index (χ0) is 15.1. The summed E-state index contributed by atoms with van der Waals surface area (Å²) in [6, 6.07) is 20.5. The van der Waals surface area contributed by atoms with Gasteiger partial charge in [-0.05, 0) is 49.5 Å². The van der Waals surface area contributed by atoms with Gasteiger partial charge in [0, 0.05) is 0 Å². The predicted molar refractivity (Wildman–Crippen MR) is 90.8 cm³/mol. The molecule has 2 heteroatoms. The van der Waals surface area contributed by atoms with E-state index in [9.17, 15) is 10.2 Å². The molecule has 2 nitrogen and oxygen atoms in total. The van der Waals surface area contributed by atoms with E-state index < -0.39 is 0 Å². The van der Waals surface area contributed by atoms with Crippen LogP contribution in [0.25, 0.3) is 32.3 Å². The van der Waals surface area contributed by atoms with Crippen molar-refractivity contribution < 1.29 is 10.2 Å². The molecule has 0 aliphatic rings. The van der Waals surface area contributed by atoms with E-state index in [0.717, 1.165) is 32.7 Å². The van der Waals surface area contributed by atoms with Gasteiger partial charge >= 0.3 is 0 Å². The number of aliphatic hydroxyl groups excluding tert-OH is 2. The van der Waals surface area contributed by atoms with Crippen LogP contribution in [0, 0.1) is 0 Å². The molecule has 0 spiro atoms. The highest BCUT2D eigenvalue weighted by Crippen LogP contribution is 2.35. The summed E-state index contributed by atoms with van der Waals surface area (Å²) in [5.41, 5.74) is 1.72. The lowest BCUT2D eigenvalue weighted by Gasteiger charge is -2.13. The van der Waals surface area contributed by atoms with Crippen molar-refractivity contribution in [3.63, 3.8) is 0 Å². The Bertz CT molecular complexity index is 1000. The Hall–Kier alpha value is -2.42. The number of benzene rings is 4. The van der Waals surface area contributed by atoms with E-state index in [4.69, 9.17) is 0 Å². The SMILES string of the molecule is OCc1cccc2c1c(CO)cc1c3ccccc3ccc21. The normalized spacial score (nSPS) is 11.5. The lowest BCUT2D eigenvalue weighted by Crippen LogP contribution is -1.94. The highest BCUT2D eigenvalue weighted by Gasteiger charge is 2.11. The molecule has 0 amide bonds. The van der Waals surface area contributed by atoms with Gasteiger partial charge < -0.3 is 10.2 Å². The molecule has 0 unspecified atom stereocenters. The fourth-order valence-electron chi connectivity index (χ4n) is 3.39. The molecule has 0 saturated carbocycles. The van der Waals surface area contributed by atoms with Gasteiger partial charge in [0.05, 0.1) is 13.2 Å². The van der Waals surface area contributed by atoms with Crippen molar-refractivity contribution in [2.24, 2.45) is 0 Å². The van der Waals surface area contributed by atoms with Crippen LogP contribution in [0.15, 0.2) is 60.7 Å². The Labute approximate surface area is 128 Å². The second kappa shape index (κ2) is 5.09. The number of hydrogen-bond acceptors (Lipinski definition) is 2. The van der Waals surface area contributed by atoms with Crippen molar-refractivity contribution in [2.75, 3.05) is 0 Å². The van der Waals surface area contributed by atoms with Crippen molar-refractivity contribution >= 4 is 32.3 Å². The van der Waals surface area contributed by atoms with E-state index >= 15 is 0 Å². The van der Waals surface area contributed by atoms with Gasteiger partial charge in [0.25, 0.3) is 0 Å². The lowest BCUT2D eigenvalue weighted by atomic mass is 9.92. The minimum Gasteiger partial charge on any atom is -0.392 e. The third kappa shape index (κ3) is 1.82. The van der Waals surface area contributed by atoms with Gasteiger partial charge in [-0.1, -0.05) is 54.6 Å². The molecule has 0 atom stereocenters. The third-order valence-corrected chi connectivity index (χ3v) is 4.39. The summed E-state index contributed by atoms with van der Waals surface area (Å²) in [6.07, 6.45) is 0. The molecule has 2 N–H and O–H groups in total. The van der Waals surface area contributed by atoms with Crippen LogP contribution in [0.3, 0.4) is 0 Å². The maximum atomic E-state index is 9.81. The fourth-order valence-corrected chi connectivity index (χ4v) is 3.39. The van der Waals surface area contributed by atoms with E-state index in [2.05, 4.69) is 36.4 Å². The van der Waals surface area contributed by atoms with Crippen LogP contribution >= 0.6 is 0 Å². The van der Waals surface area contributed by atoms with Crippen molar-refractivity contribution in [1.29, 1.82) is 0 Å². The van der Waals surface area contributed by atoms with Gasteiger partial charge in [-0.25, -0.2) is 0 Å². The summed E-state index contributed by atoms with van der Waals surface area (Å²) in [7, 11) is 0. The van der Waals surface area contributed by atoms with Crippen LogP contribution < -0.4 is 0 Å². The largest absolute Gasteiger partial charge is 0.392 e. The zero-order valence-electron chi connectivity index (χ0n) is 12.1. The van der Waals surface area contributed by atoms with Gasteiger partial charge in [-0.3, -0.25) is 0 Å². The third-order valence-electron chi connectivity index (χ3n) is 4.39. The molecule has 0 saturated heterocycles. The first-order valence-electron chi connectivity index (χ1n) is 7.40. The second-order valence-corrected chi connectivity index (χ2v) is 5.57. The van der Waals surface area contributed by atoms with E-state index in [1.165, 1.54) is 10.8 Å². The van der Waals surface area contributed by atoms with Crippen LogP contribution in [0.5, 0.6) is 0 Å². The molecule has 0 aromatic heterocycles. The summed E-state index contributed by atoms with van der Waals surface area (Å²) < 4.78 is 0. The summed E-state index contributed by atoms with van der Waals surface area (Å²) >= 11 is 0. The molecule has 0 bridgehead atoms. The molecule has 0 heterocycles. The lowest BCUT2D eigenvalue weighted by molar-refractivity contribution is 0.279. The molecule has 4 aromatic carbocycles. The summed E-state index contributed by atoms with van der Waals surface area (Å²) in [4.78, 5) is 0. The number of fused-ring (bicyclic) bond motifs is 5. The first-order valence-corrected chi connectivity index (χ1v) is 7.40. The summed E-state index contributed by atoms with van der Waals surface area (Å²) in [5, 5.41) is 26.1. The van der Waals surface area contributed by atoms with Crippen LogP contribution in [0.4, 0.5) is 0 Å². The van der Waals surface area contributed by atoms with Crippen molar-refractivity contribution in [2.45, 2.75) is 13.2 Å². The van der Waals surface area contributed by atoms with Crippen molar-refractivity contribution in [1.82, 2.24) is 0 Å². The fraction of sp³-hybridized carbons (Fsp3) is 0.100. The first kappa shape index (κ1) is 13.3. The Morgan fingerprint density at radius 2 is 1.36 bits per heavy atom. The average molecular weight is 288 g/mol. The highest BCUT2D eigenvalue weighted by atomic mass is 16.3. The van der Waals surface area contributed by atoms with Crippen molar-refractivity contribution in [3.05, 3.63) is 71.8 Å². The molecule has 108 valence electrons. The summed E-state index contributed by atoms with van der Waals surface area (Å²) in [5.74, 6) is 0. The Kier molecular flexibility index (Phi) is 3.07. The van der Waals surface area contributed by atoms with Crippen molar-refractivity contribution in [3.8, 4) is 0 Å². The van der Waals surface area contributed by atoms with Crippen LogP contribution in [-0.4, -0.2) is 10.2 Å². The molecule has 22 heavy (non-hydrogen) atoms.